The molecule has 0 aliphatic heterocycles. The first-order valence-corrected chi connectivity index (χ1v) is 6.80. The topological polar surface area (TPSA) is 75.3 Å². The fourth-order valence-electron chi connectivity index (χ4n) is 1.69. The van der Waals surface area contributed by atoms with E-state index in [1.54, 1.807) is 24.3 Å². The number of carbonyl (C=O) groups excluding carboxylic acids is 1. The maximum atomic E-state index is 12.0. The number of amides is 1. The van der Waals surface area contributed by atoms with Crippen LogP contribution >= 0.6 is 0 Å². The minimum atomic E-state index is -3.57. The van der Waals surface area contributed by atoms with E-state index in [1.807, 2.05) is 6.07 Å². The number of carbonyl (C=O) groups is 1. The Bertz CT molecular complexity index is 521. The Labute approximate surface area is 100 Å². The molecule has 1 fully saturated rings. The van der Waals surface area contributed by atoms with Crippen molar-refractivity contribution >= 4 is 21.6 Å². The molecule has 2 N–H and O–H groups in total. The lowest BCUT2D eigenvalue weighted by atomic mass is 10.3. The second-order valence-electron chi connectivity index (χ2n) is 4.02. The largest absolute Gasteiger partial charge is 0.325 e. The Morgan fingerprint density at radius 2 is 1.82 bits per heavy atom. The molecule has 0 radical (unpaired) electrons. The van der Waals surface area contributed by atoms with Crippen molar-refractivity contribution in [2.45, 2.75) is 17.6 Å². The number of para-hydroxylation sites is 1. The molecule has 92 valence electrons. The van der Waals surface area contributed by atoms with Crippen LogP contribution in [-0.4, -0.2) is 26.1 Å². The zero-order chi connectivity index (χ0) is 12.5. The standard InChI is InChI=1S/C11H14N2O3S/c1-12-17(15,16)11(7-8-11)10(14)13-9-5-3-2-4-6-9/h2-6,12H,7-8H2,1H3,(H,13,14). The second-order valence-corrected chi connectivity index (χ2v) is 6.22. The van der Waals surface area contributed by atoms with E-state index in [0.717, 1.165) is 0 Å². The fraction of sp³-hybridized carbons (Fsp3) is 0.364. The molecule has 1 amide bonds. The van der Waals surface area contributed by atoms with Gasteiger partial charge >= 0.3 is 0 Å². The molecule has 0 bridgehead atoms. The van der Waals surface area contributed by atoms with Gasteiger partial charge in [0.15, 0.2) is 4.75 Å². The van der Waals surface area contributed by atoms with Gasteiger partial charge in [-0.2, -0.15) is 0 Å². The van der Waals surface area contributed by atoms with E-state index in [4.69, 9.17) is 0 Å². The average Bonchev–Trinajstić information content (AvgIpc) is 3.12. The molecule has 17 heavy (non-hydrogen) atoms. The molecule has 0 aromatic heterocycles. The average molecular weight is 254 g/mol. The maximum absolute atomic E-state index is 12.0. The first kappa shape index (κ1) is 12.1. The summed E-state index contributed by atoms with van der Waals surface area (Å²) in [5.74, 6) is -0.460. The number of anilines is 1. The van der Waals surface area contributed by atoms with Crippen molar-refractivity contribution in [1.29, 1.82) is 0 Å². The number of nitrogens with one attached hydrogen (secondary N) is 2. The summed E-state index contributed by atoms with van der Waals surface area (Å²) in [6.07, 6.45) is 0.740. The van der Waals surface area contributed by atoms with Crippen molar-refractivity contribution in [3.63, 3.8) is 0 Å². The molecule has 0 spiro atoms. The van der Waals surface area contributed by atoms with Gasteiger partial charge in [-0.05, 0) is 32.0 Å². The molecule has 6 heteroatoms. The highest BCUT2D eigenvalue weighted by atomic mass is 32.2. The van der Waals surface area contributed by atoms with Crippen LogP contribution in [0.2, 0.25) is 0 Å². The third-order valence-corrected chi connectivity index (χ3v) is 5.09. The molecule has 2 rings (SSSR count). The highest BCUT2D eigenvalue weighted by Crippen LogP contribution is 2.43. The molecule has 0 saturated heterocycles. The van der Waals surface area contributed by atoms with Crippen LogP contribution in [-0.2, 0) is 14.8 Å². The van der Waals surface area contributed by atoms with Gasteiger partial charge in [0.1, 0.15) is 0 Å². The monoisotopic (exact) mass is 254 g/mol. The van der Waals surface area contributed by atoms with Gasteiger partial charge in [-0.1, -0.05) is 18.2 Å². The molecule has 1 aliphatic rings. The van der Waals surface area contributed by atoms with Crippen molar-refractivity contribution < 1.29 is 13.2 Å². The summed E-state index contributed by atoms with van der Waals surface area (Å²) in [7, 11) is -2.24. The quantitative estimate of drug-likeness (QED) is 0.830. The maximum Gasteiger partial charge on any atom is 0.247 e. The van der Waals surface area contributed by atoms with Crippen molar-refractivity contribution in [1.82, 2.24) is 4.72 Å². The Kier molecular flexibility index (Phi) is 2.92. The number of sulfonamides is 1. The molecule has 5 nitrogen and oxygen atoms in total. The molecule has 0 heterocycles. The number of rotatable bonds is 4. The lowest BCUT2D eigenvalue weighted by Gasteiger charge is -2.15. The molecular weight excluding hydrogens is 240 g/mol. The van der Waals surface area contributed by atoms with E-state index in [2.05, 4.69) is 10.0 Å². The zero-order valence-corrected chi connectivity index (χ0v) is 10.3. The molecule has 0 atom stereocenters. The van der Waals surface area contributed by atoms with E-state index >= 15 is 0 Å². The third kappa shape index (κ3) is 2.05. The van der Waals surface area contributed by atoms with Gasteiger partial charge in [-0.15, -0.1) is 0 Å². The van der Waals surface area contributed by atoms with Crippen molar-refractivity contribution in [3.05, 3.63) is 30.3 Å². The van der Waals surface area contributed by atoms with Gasteiger partial charge in [-0.3, -0.25) is 4.79 Å². The summed E-state index contributed by atoms with van der Waals surface area (Å²) in [5.41, 5.74) is 0.607. The smallest absolute Gasteiger partial charge is 0.247 e. The zero-order valence-electron chi connectivity index (χ0n) is 9.43. The van der Waals surface area contributed by atoms with Crippen molar-refractivity contribution in [2.24, 2.45) is 0 Å². The first-order chi connectivity index (χ1) is 8.02. The van der Waals surface area contributed by atoms with Crippen molar-refractivity contribution in [3.8, 4) is 0 Å². The van der Waals surface area contributed by atoms with E-state index in [-0.39, 0.29) is 0 Å². The fourth-order valence-corrected chi connectivity index (χ4v) is 3.02. The Hall–Kier alpha value is -1.40. The number of benzene rings is 1. The van der Waals surface area contributed by atoms with Gasteiger partial charge in [0, 0.05) is 5.69 Å². The van der Waals surface area contributed by atoms with Gasteiger partial charge in [0.2, 0.25) is 15.9 Å². The van der Waals surface area contributed by atoms with Crippen LogP contribution < -0.4 is 10.0 Å². The van der Waals surface area contributed by atoms with Gasteiger partial charge in [-0.25, -0.2) is 13.1 Å². The summed E-state index contributed by atoms with van der Waals surface area (Å²) in [6, 6.07) is 8.83. The van der Waals surface area contributed by atoms with Crippen LogP contribution in [0.1, 0.15) is 12.8 Å². The molecule has 1 aromatic carbocycles. The molecule has 1 aromatic rings. The summed E-state index contributed by atoms with van der Waals surface area (Å²) in [6.45, 7) is 0. The number of hydrogen-bond acceptors (Lipinski definition) is 3. The van der Waals surface area contributed by atoms with Gasteiger partial charge in [0.25, 0.3) is 0 Å². The highest BCUT2D eigenvalue weighted by Gasteiger charge is 2.60. The van der Waals surface area contributed by atoms with E-state index < -0.39 is 20.7 Å². The predicted molar refractivity (Wildman–Crippen MR) is 65.0 cm³/mol. The summed E-state index contributed by atoms with van der Waals surface area (Å²) < 4.78 is 24.4. The summed E-state index contributed by atoms with van der Waals surface area (Å²) >= 11 is 0. The van der Waals surface area contributed by atoms with E-state index in [0.29, 0.717) is 18.5 Å². The SMILES string of the molecule is CNS(=O)(=O)C1(C(=O)Nc2ccccc2)CC1. The Morgan fingerprint density at radius 3 is 2.29 bits per heavy atom. The van der Waals surface area contributed by atoms with Crippen LogP contribution in [0.3, 0.4) is 0 Å². The molecule has 1 aliphatic carbocycles. The summed E-state index contributed by atoms with van der Waals surface area (Å²) in [5, 5.41) is 2.63. The van der Waals surface area contributed by atoms with Crippen LogP contribution in [0, 0.1) is 0 Å². The van der Waals surface area contributed by atoms with E-state index in [1.165, 1.54) is 7.05 Å². The van der Waals surface area contributed by atoms with Crippen molar-refractivity contribution in [2.75, 3.05) is 12.4 Å². The Balaban J connectivity index is 2.17. The van der Waals surface area contributed by atoms with Crippen LogP contribution in [0.15, 0.2) is 30.3 Å². The number of hydrogen-bond donors (Lipinski definition) is 2. The van der Waals surface area contributed by atoms with Crippen LogP contribution in [0.5, 0.6) is 0 Å². The second kappa shape index (κ2) is 4.12. The van der Waals surface area contributed by atoms with Gasteiger partial charge in [0.05, 0.1) is 0 Å². The molecule has 1 saturated carbocycles. The lowest BCUT2D eigenvalue weighted by Crippen LogP contribution is -2.43. The van der Waals surface area contributed by atoms with Crippen LogP contribution in [0.4, 0.5) is 5.69 Å². The molecule has 0 unspecified atom stereocenters. The van der Waals surface area contributed by atoms with Crippen LogP contribution in [0.25, 0.3) is 0 Å². The minimum absolute atomic E-state index is 0.370. The first-order valence-electron chi connectivity index (χ1n) is 5.31. The van der Waals surface area contributed by atoms with E-state index in [9.17, 15) is 13.2 Å². The predicted octanol–water partition coefficient (Wildman–Crippen LogP) is 0.707. The normalized spacial score (nSPS) is 17.5. The lowest BCUT2D eigenvalue weighted by molar-refractivity contribution is -0.116. The van der Waals surface area contributed by atoms with Gasteiger partial charge < -0.3 is 5.32 Å². The third-order valence-electron chi connectivity index (χ3n) is 2.93. The highest BCUT2D eigenvalue weighted by molar-refractivity contribution is 7.92. The molecular formula is C11H14N2O3S. The minimum Gasteiger partial charge on any atom is -0.325 e. The Morgan fingerprint density at radius 1 is 1.24 bits per heavy atom. The summed E-state index contributed by atoms with van der Waals surface area (Å²) in [4.78, 5) is 12.0.